The van der Waals surface area contributed by atoms with Crippen LogP contribution in [-0.4, -0.2) is 30.9 Å². The van der Waals surface area contributed by atoms with E-state index in [9.17, 15) is 18.8 Å². The van der Waals surface area contributed by atoms with Gasteiger partial charge in [-0.2, -0.15) is 0 Å². The SMILES string of the molecule is CCCOc1ccc(C(=O)CCC(=O)OCC(=O)Nc2cccc(F)c2)cc1. The number of rotatable bonds is 10. The van der Waals surface area contributed by atoms with Crippen molar-refractivity contribution in [2.75, 3.05) is 18.5 Å². The van der Waals surface area contributed by atoms with E-state index in [1.165, 1.54) is 18.2 Å². The summed E-state index contributed by atoms with van der Waals surface area (Å²) in [4.78, 5) is 35.6. The first kappa shape index (κ1) is 21.1. The Bertz CT molecular complexity index is 820. The molecule has 0 aromatic heterocycles. The number of benzene rings is 2. The van der Waals surface area contributed by atoms with Gasteiger partial charge in [-0.05, 0) is 48.9 Å². The van der Waals surface area contributed by atoms with E-state index in [2.05, 4.69) is 5.32 Å². The molecular weight excluding hydrogens is 365 g/mol. The molecule has 0 bridgehead atoms. The third kappa shape index (κ3) is 7.19. The number of hydrogen-bond donors (Lipinski definition) is 1. The Balaban J connectivity index is 1.71. The Morgan fingerprint density at radius 3 is 2.46 bits per heavy atom. The lowest BCUT2D eigenvalue weighted by atomic mass is 10.1. The number of ketones is 1. The Hall–Kier alpha value is -3.22. The molecule has 1 N–H and O–H groups in total. The molecule has 0 radical (unpaired) electrons. The average molecular weight is 387 g/mol. The third-order valence-corrected chi connectivity index (χ3v) is 3.68. The number of anilines is 1. The summed E-state index contributed by atoms with van der Waals surface area (Å²) in [7, 11) is 0. The van der Waals surface area contributed by atoms with Crippen molar-refractivity contribution in [1.82, 2.24) is 0 Å². The van der Waals surface area contributed by atoms with Crippen LogP contribution in [0.25, 0.3) is 0 Å². The summed E-state index contributed by atoms with van der Waals surface area (Å²) in [5.74, 6) is -1.26. The van der Waals surface area contributed by atoms with Crippen molar-refractivity contribution in [2.45, 2.75) is 26.2 Å². The molecule has 0 fully saturated rings. The van der Waals surface area contributed by atoms with Crippen LogP contribution in [0.4, 0.5) is 10.1 Å². The minimum Gasteiger partial charge on any atom is -0.494 e. The quantitative estimate of drug-likeness (QED) is 0.496. The van der Waals surface area contributed by atoms with E-state index in [4.69, 9.17) is 9.47 Å². The molecular formula is C21H22FNO5. The van der Waals surface area contributed by atoms with Crippen LogP contribution < -0.4 is 10.1 Å². The van der Waals surface area contributed by atoms with Gasteiger partial charge in [0.1, 0.15) is 11.6 Å². The van der Waals surface area contributed by atoms with Gasteiger partial charge in [0.25, 0.3) is 5.91 Å². The van der Waals surface area contributed by atoms with E-state index in [-0.39, 0.29) is 24.3 Å². The molecule has 2 aromatic rings. The molecule has 0 aliphatic carbocycles. The Morgan fingerprint density at radius 1 is 1.04 bits per heavy atom. The van der Waals surface area contributed by atoms with E-state index in [1.54, 1.807) is 24.3 Å². The predicted octanol–water partition coefficient (Wildman–Crippen LogP) is 3.76. The van der Waals surface area contributed by atoms with Crippen molar-refractivity contribution in [2.24, 2.45) is 0 Å². The number of Topliss-reactive ketones (excluding diaryl/α,β-unsaturated/α-hetero) is 1. The van der Waals surface area contributed by atoms with Gasteiger partial charge in [0.2, 0.25) is 0 Å². The zero-order valence-corrected chi connectivity index (χ0v) is 15.6. The van der Waals surface area contributed by atoms with Crippen molar-refractivity contribution in [3.8, 4) is 5.75 Å². The Kier molecular flexibility index (Phi) is 8.14. The van der Waals surface area contributed by atoms with Crippen molar-refractivity contribution in [3.05, 3.63) is 59.9 Å². The molecule has 2 aromatic carbocycles. The lowest BCUT2D eigenvalue weighted by molar-refractivity contribution is -0.147. The van der Waals surface area contributed by atoms with E-state index >= 15 is 0 Å². The highest BCUT2D eigenvalue weighted by Crippen LogP contribution is 2.14. The van der Waals surface area contributed by atoms with Crippen LogP contribution in [0.5, 0.6) is 5.75 Å². The lowest BCUT2D eigenvalue weighted by Gasteiger charge is -2.07. The summed E-state index contributed by atoms with van der Waals surface area (Å²) in [6.07, 6.45) is 0.725. The summed E-state index contributed by atoms with van der Waals surface area (Å²) >= 11 is 0. The van der Waals surface area contributed by atoms with E-state index in [1.807, 2.05) is 6.92 Å². The van der Waals surface area contributed by atoms with Gasteiger partial charge in [-0.3, -0.25) is 14.4 Å². The van der Waals surface area contributed by atoms with Gasteiger partial charge in [-0.15, -0.1) is 0 Å². The first-order valence-corrected chi connectivity index (χ1v) is 8.95. The number of nitrogens with one attached hydrogen (secondary N) is 1. The molecule has 0 unspecified atom stereocenters. The normalized spacial score (nSPS) is 10.2. The molecule has 1 amide bonds. The van der Waals surface area contributed by atoms with E-state index in [0.29, 0.717) is 17.9 Å². The largest absolute Gasteiger partial charge is 0.494 e. The molecule has 0 aliphatic heterocycles. The second-order valence-corrected chi connectivity index (χ2v) is 6.02. The molecule has 0 aliphatic rings. The topological polar surface area (TPSA) is 81.7 Å². The zero-order valence-electron chi connectivity index (χ0n) is 15.6. The molecule has 0 heterocycles. The fourth-order valence-corrected chi connectivity index (χ4v) is 2.30. The second kappa shape index (κ2) is 10.8. The maximum atomic E-state index is 13.0. The molecule has 0 atom stereocenters. The van der Waals surface area contributed by atoms with Crippen LogP contribution >= 0.6 is 0 Å². The molecule has 0 saturated carbocycles. The molecule has 2 rings (SSSR count). The fraction of sp³-hybridized carbons (Fsp3) is 0.286. The van der Waals surface area contributed by atoms with Gasteiger partial charge in [-0.25, -0.2) is 4.39 Å². The lowest BCUT2D eigenvalue weighted by Crippen LogP contribution is -2.21. The van der Waals surface area contributed by atoms with Crippen molar-refractivity contribution in [3.63, 3.8) is 0 Å². The summed E-state index contributed by atoms with van der Waals surface area (Å²) < 4.78 is 23.3. The third-order valence-electron chi connectivity index (χ3n) is 3.68. The first-order valence-electron chi connectivity index (χ1n) is 8.95. The summed E-state index contributed by atoms with van der Waals surface area (Å²) in [5, 5.41) is 2.41. The van der Waals surface area contributed by atoms with E-state index in [0.717, 1.165) is 12.5 Å². The highest BCUT2D eigenvalue weighted by Gasteiger charge is 2.12. The number of carbonyl (C=O) groups excluding carboxylic acids is 3. The first-order chi connectivity index (χ1) is 13.5. The van der Waals surface area contributed by atoms with Gasteiger partial charge in [0.05, 0.1) is 13.0 Å². The number of carbonyl (C=O) groups is 3. The number of halogens is 1. The van der Waals surface area contributed by atoms with Gasteiger partial charge in [0, 0.05) is 17.7 Å². The Labute approximate surface area is 162 Å². The molecule has 0 spiro atoms. The van der Waals surface area contributed by atoms with Crippen LogP contribution in [0.3, 0.4) is 0 Å². The number of hydrogen-bond acceptors (Lipinski definition) is 5. The minimum atomic E-state index is -0.661. The van der Waals surface area contributed by atoms with Crippen molar-refractivity contribution in [1.29, 1.82) is 0 Å². The summed E-state index contributed by atoms with van der Waals surface area (Å²) in [6.45, 7) is 2.10. The van der Waals surface area contributed by atoms with Crippen molar-refractivity contribution >= 4 is 23.3 Å². The fourth-order valence-electron chi connectivity index (χ4n) is 2.30. The maximum Gasteiger partial charge on any atom is 0.306 e. The number of ether oxygens (including phenoxy) is 2. The minimum absolute atomic E-state index is 0.0283. The highest BCUT2D eigenvalue weighted by atomic mass is 19.1. The summed E-state index contributed by atoms with van der Waals surface area (Å²) in [6, 6.07) is 12.1. The van der Waals surface area contributed by atoms with Crippen LogP contribution in [0.15, 0.2) is 48.5 Å². The zero-order chi connectivity index (χ0) is 20.4. The molecule has 6 nitrogen and oxygen atoms in total. The molecule has 0 saturated heterocycles. The molecule has 148 valence electrons. The summed E-state index contributed by atoms with van der Waals surface area (Å²) in [5.41, 5.74) is 0.739. The number of esters is 1. The Morgan fingerprint density at radius 2 is 1.79 bits per heavy atom. The monoisotopic (exact) mass is 387 g/mol. The van der Waals surface area contributed by atoms with Crippen LogP contribution in [-0.2, 0) is 14.3 Å². The molecule has 28 heavy (non-hydrogen) atoms. The van der Waals surface area contributed by atoms with Crippen LogP contribution in [0.1, 0.15) is 36.5 Å². The van der Waals surface area contributed by atoms with Gasteiger partial charge in [-0.1, -0.05) is 13.0 Å². The second-order valence-electron chi connectivity index (χ2n) is 6.02. The van der Waals surface area contributed by atoms with Crippen molar-refractivity contribution < 1.29 is 28.2 Å². The van der Waals surface area contributed by atoms with Gasteiger partial charge >= 0.3 is 5.97 Å². The molecule has 7 heteroatoms. The van der Waals surface area contributed by atoms with E-state index < -0.39 is 24.3 Å². The smallest absolute Gasteiger partial charge is 0.306 e. The predicted molar refractivity (Wildman–Crippen MR) is 102 cm³/mol. The average Bonchev–Trinajstić information content (AvgIpc) is 2.69. The van der Waals surface area contributed by atoms with Crippen LogP contribution in [0.2, 0.25) is 0 Å². The maximum absolute atomic E-state index is 13.0. The number of amides is 1. The standard InChI is InChI=1S/C21H22FNO5/c1-2-12-27-18-8-6-15(7-9-18)19(24)10-11-21(26)28-14-20(25)23-17-5-3-4-16(22)13-17/h3-9,13H,2,10-12,14H2,1H3,(H,23,25). The van der Waals surface area contributed by atoms with Gasteiger partial charge in [0.15, 0.2) is 12.4 Å². The van der Waals surface area contributed by atoms with Gasteiger partial charge < -0.3 is 14.8 Å². The van der Waals surface area contributed by atoms with Crippen LogP contribution in [0, 0.1) is 5.82 Å². The highest BCUT2D eigenvalue weighted by molar-refractivity contribution is 5.98.